The SMILES string of the molecule is CC(C)(O)C[N+]1([O-])CC(C)(C)c2cc3[nH]c4c(c3cc21)CCCc1cn[nH]c1-4. The molecule has 0 saturated heterocycles. The highest BCUT2D eigenvalue weighted by molar-refractivity contribution is 5.94. The van der Waals surface area contributed by atoms with E-state index in [4.69, 9.17) is 0 Å². The molecule has 0 radical (unpaired) electrons. The van der Waals surface area contributed by atoms with Gasteiger partial charge in [0.2, 0.25) is 0 Å². The van der Waals surface area contributed by atoms with E-state index in [1.165, 1.54) is 11.1 Å². The summed E-state index contributed by atoms with van der Waals surface area (Å²) < 4.78 is -0.475. The van der Waals surface area contributed by atoms with Crippen LogP contribution in [0.2, 0.25) is 0 Å². The monoisotopic (exact) mass is 380 g/mol. The lowest BCUT2D eigenvalue weighted by molar-refractivity contribution is 0.0517. The van der Waals surface area contributed by atoms with Crippen molar-refractivity contribution in [1.29, 1.82) is 0 Å². The third-order valence-corrected chi connectivity index (χ3v) is 6.32. The Hall–Kier alpha value is -2.15. The summed E-state index contributed by atoms with van der Waals surface area (Å²) >= 11 is 0. The summed E-state index contributed by atoms with van der Waals surface area (Å²) in [5.41, 5.74) is 6.39. The van der Waals surface area contributed by atoms with Gasteiger partial charge >= 0.3 is 0 Å². The number of aliphatic hydroxyl groups is 1. The average Bonchev–Trinajstić information content (AvgIpc) is 3.17. The van der Waals surface area contributed by atoms with Crippen molar-refractivity contribution in [3.05, 3.63) is 40.2 Å². The number of aromatic nitrogens is 3. The number of fused-ring (bicyclic) bond motifs is 6. The second-order valence-corrected chi connectivity index (χ2v) is 9.92. The van der Waals surface area contributed by atoms with E-state index >= 15 is 0 Å². The normalized spacial score (nSPS) is 23.4. The maximum absolute atomic E-state index is 13.9. The Bertz CT molecular complexity index is 1090. The van der Waals surface area contributed by atoms with E-state index in [0.717, 1.165) is 52.8 Å². The lowest BCUT2D eigenvalue weighted by atomic mass is 9.86. The predicted molar refractivity (Wildman–Crippen MR) is 112 cm³/mol. The lowest BCUT2D eigenvalue weighted by Crippen LogP contribution is -2.52. The number of aryl methyl sites for hydroxylation is 2. The van der Waals surface area contributed by atoms with E-state index in [9.17, 15) is 10.3 Å². The van der Waals surface area contributed by atoms with Gasteiger partial charge < -0.3 is 19.9 Å². The second-order valence-electron chi connectivity index (χ2n) is 9.92. The fourth-order valence-corrected chi connectivity index (χ4v) is 5.39. The van der Waals surface area contributed by atoms with Crippen LogP contribution >= 0.6 is 0 Å². The van der Waals surface area contributed by atoms with E-state index < -0.39 is 10.2 Å². The Morgan fingerprint density at radius 2 is 2.04 bits per heavy atom. The molecule has 1 atom stereocenters. The minimum absolute atomic E-state index is 0.159. The molecule has 0 saturated carbocycles. The minimum atomic E-state index is -1.02. The van der Waals surface area contributed by atoms with Gasteiger partial charge in [0, 0.05) is 27.9 Å². The quantitative estimate of drug-likeness (QED) is 0.465. The number of benzene rings is 1. The van der Waals surface area contributed by atoms with Gasteiger partial charge in [-0.25, -0.2) is 0 Å². The predicted octanol–water partition coefficient (Wildman–Crippen LogP) is 3.91. The van der Waals surface area contributed by atoms with Crippen LogP contribution in [-0.2, 0) is 18.3 Å². The van der Waals surface area contributed by atoms with Crippen LogP contribution in [0.3, 0.4) is 0 Å². The van der Waals surface area contributed by atoms with Gasteiger partial charge in [-0.15, -0.1) is 0 Å². The zero-order valence-electron chi connectivity index (χ0n) is 17.0. The van der Waals surface area contributed by atoms with Gasteiger partial charge in [-0.1, -0.05) is 13.8 Å². The molecule has 3 aromatic rings. The van der Waals surface area contributed by atoms with Gasteiger partial charge in [0.05, 0.1) is 24.1 Å². The van der Waals surface area contributed by atoms with Crippen LogP contribution in [0.5, 0.6) is 0 Å². The van der Waals surface area contributed by atoms with Crippen LogP contribution in [0, 0.1) is 5.21 Å². The van der Waals surface area contributed by atoms with Crippen LogP contribution < -0.4 is 4.65 Å². The fraction of sp³-hybridized carbons (Fsp3) is 0.500. The Morgan fingerprint density at radius 3 is 2.79 bits per heavy atom. The standard InChI is InChI=1S/C22H28N4O2/c1-21(2)11-26(28,12-22(3,4)27)18-8-15-14-7-5-6-13-10-23-25-19(13)20(14)24-17(15)9-16(18)21/h8-10,24,27H,5-7,11-12H2,1-4H3,(H,23,25). The first-order valence-electron chi connectivity index (χ1n) is 10.1. The van der Waals surface area contributed by atoms with Gasteiger partial charge in [-0.3, -0.25) is 5.10 Å². The summed E-state index contributed by atoms with van der Waals surface area (Å²) in [5.74, 6) is 0. The Balaban J connectivity index is 1.75. The second kappa shape index (κ2) is 5.47. The molecule has 148 valence electrons. The number of quaternary nitrogens is 1. The molecule has 0 amide bonds. The molecule has 2 aliphatic rings. The molecule has 0 fully saturated rings. The molecule has 3 heterocycles. The summed E-state index contributed by atoms with van der Waals surface area (Å²) in [6.07, 6.45) is 4.97. The molecule has 2 aromatic heterocycles. The summed E-state index contributed by atoms with van der Waals surface area (Å²) in [4.78, 5) is 3.61. The van der Waals surface area contributed by atoms with E-state index in [0.29, 0.717) is 6.54 Å². The molecule has 28 heavy (non-hydrogen) atoms. The van der Waals surface area contributed by atoms with E-state index in [-0.39, 0.29) is 12.0 Å². The number of hydrogen-bond donors (Lipinski definition) is 3. The molecule has 6 heteroatoms. The average molecular weight is 380 g/mol. The molecule has 0 spiro atoms. The molecule has 3 N–H and O–H groups in total. The third kappa shape index (κ3) is 2.55. The van der Waals surface area contributed by atoms with Crippen molar-refractivity contribution in [3.63, 3.8) is 0 Å². The van der Waals surface area contributed by atoms with E-state index in [1.807, 2.05) is 6.20 Å². The fourth-order valence-electron chi connectivity index (χ4n) is 5.39. The van der Waals surface area contributed by atoms with Crippen molar-refractivity contribution in [2.45, 2.75) is 58.0 Å². The summed E-state index contributed by atoms with van der Waals surface area (Å²) in [5, 5.41) is 32.8. The number of aromatic amines is 2. The molecule has 1 aliphatic carbocycles. The summed E-state index contributed by atoms with van der Waals surface area (Å²) in [6.45, 7) is 8.30. The van der Waals surface area contributed by atoms with Crippen molar-refractivity contribution in [3.8, 4) is 11.4 Å². The minimum Gasteiger partial charge on any atom is -0.627 e. The van der Waals surface area contributed by atoms with Crippen molar-refractivity contribution in [2.24, 2.45) is 0 Å². The number of H-pyrrole nitrogens is 2. The maximum Gasteiger partial charge on any atom is 0.137 e. The Morgan fingerprint density at radius 1 is 1.25 bits per heavy atom. The number of nitrogens with zero attached hydrogens (tertiary/aromatic N) is 2. The highest BCUT2D eigenvalue weighted by Gasteiger charge is 2.46. The topological polar surface area (TPSA) is 87.8 Å². The zero-order chi connectivity index (χ0) is 19.9. The van der Waals surface area contributed by atoms with Crippen LogP contribution in [0.1, 0.15) is 50.8 Å². The molecular weight excluding hydrogens is 352 g/mol. The Kier molecular flexibility index (Phi) is 3.50. The molecular formula is C22H28N4O2. The van der Waals surface area contributed by atoms with E-state index in [1.54, 1.807) is 13.8 Å². The van der Waals surface area contributed by atoms with Crippen molar-refractivity contribution < 1.29 is 5.11 Å². The van der Waals surface area contributed by atoms with Crippen molar-refractivity contribution in [2.75, 3.05) is 13.1 Å². The highest BCUT2D eigenvalue weighted by atomic mass is 16.5. The first-order valence-corrected chi connectivity index (χ1v) is 10.1. The zero-order valence-corrected chi connectivity index (χ0v) is 17.0. The van der Waals surface area contributed by atoms with Crippen molar-refractivity contribution >= 4 is 16.6 Å². The first kappa shape index (κ1) is 17.9. The molecule has 1 unspecified atom stereocenters. The first-order chi connectivity index (χ1) is 13.1. The smallest absolute Gasteiger partial charge is 0.137 e. The molecule has 1 aromatic carbocycles. The van der Waals surface area contributed by atoms with Gasteiger partial charge in [-0.2, -0.15) is 5.10 Å². The van der Waals surface area contributed by atoms with E-state index in [2.05, 4.69) is 41.2 Å². The highest BCUT2D eigenvalue weighted by Crippen LogP contribution is 2.48. The summed E-state index contributed by atoms with van der Waals surface area (Å²) in [7, 11) is 0. The van der Waals surface area contributed by atoms with Gasteiger partial charge in [0.25, 0.3) is 0 Å². The number of hydroxylamine groups is 2. The summed E-state index contributed by atoms with van der Waals surface area (Å²) in [6, 6.07) is 4.26. The van der Waals surface area contributed by atoms with Crippen molar-refractivity contribution in [1.82, 2.24) is 19.8 Å². The molecule has 5 rings (SSSR count). The number of nitrogens with one attached hydrogen (secondary N) is 2. The molecule has 0 bridgehead atoms. The number of rotatable bonds is 2. The Labute approximate surface area is 164 Å². The van der Waals surface area contributed by atoms with Gasteiger partial charge in [-0.05, 0) is 50.3 Å². The van der Waals surface area contributed by atoms with Crippen LogP contribution in [-0.4, -0.2) is 39.0 Å². The van der Waals surface area contributed by atoms with Gasteiger partial charge in [0.1, 0.15) is 17.8 Å². The molecule has 6 nitrogen and oxygen atoms in total. The van der Waals surface area contributed by atoms with Crippen LogP contribution in [0.4, 0.5) is 5.69 Å². The number of hydrogen-bond acceptors (Lipinski definition) is 3. The van der Waals surface area contributed by atoms with Gasteiger partial charge in [0.15, 0.2) is 0 Å². The third-order valence-electron chi connectivity index (χ3n) is 6.32. The lowest BCUT2D eigenvalue weighted by Gasteiger charge is -2.43. The van der Waals surface area contributed by atoms with Crippen LogP contribution in [0.25, 0.3) is 22.3 Å². The largest absolute Gasteiger partial charge is 0.627 e. The maximum atomic E-state index is 13.9. The molecule has 1 aliphatic heterocycles. The van der Waals surface area contributed by atoms with Crippen LogP contribution in [0.15, 0.2) is 18.3 Å².